The van der Waals surface area contributed by atoms with E-state index in [-0.39, 0.29) is 32.7 Å². The first kappa shape index (κ1) is 13.4. The number of rotatable bonds is 1. The summed E-state index contributed by atoms with van der Waals surface area (Å²) in [7, 11) is 0. The molecule has 0 amide bonds. The molecule has 1 radical (unpaired) electrons. The van der Waals surface area contributed by atoms with Gasteiger partial charge in [0.1, 0.15) is 0 Å². The maximum Gasteiger partial charge on any atom is 0 e. The predicted molar refractivity (Wildman–Crippen MR) is 62.3 cm³/mol. The Bertz CT molecular complexity index is 413. The number of hydrogen-bond acceptors (Lipinski definition) is 0. The maximum atomic E-state index is 6.06. The summed E-state index contributed by atoms with van der Waals surface area (Å²) in [5.41, 5.74) is 1.82. The van der Waals surface area contributed by atoms with Gasteiger partial charge in [0.15, 0.2) is 0 Å². The van der Waals surface area contributed by atoms with E-state index in [0.717, 1.165) is 15.6 Å². The summed E-state index contributed by atoms with van der Waals surface area (Å²) < 4.78 is 0.976. The van der Waals surface area contributed by atoms with Crippen LogP contribution in [-0.4, -0.2) is 0 Å². The van der Waals surface area contributed by atoms with Crippen LogP contribution in [0.2, 0.25) is 5.02 Å². The predicted octanol–water partition coefficient (Wildman–Crippen LogP) is 4.37. The largest absolute Gasteiger partial charge is 0.211 e. The van der Waals surface area contributed by atoms with Crippen molar-refractivity contribution in [2.24, 2.45) is 0 Å². The van der Waals surface area contributed by atoms with Gasteiger partial charge in [-0.2, -0.15) is 35.9 Å². The minimum atomic E-state index is 0. The van der Waals surface area contributed by atoms with Crippen molar-refractivity contribution in [1.82, 2.24) is 0 Å². The second-order valence-electron chi connectivity index (χ2n) is 2.79. The third-order valence-corrected chi connectivity index (χ3v) is 2.84. The van der Waals surface area contributed by atoms with Crippen LogP contribution in [-0.2, 0) is 32.7 Å². The Labute approximate surface area is 128 Å². The monoisotopic (exact) mass is 353 g/mol. The number of hydrogen-bond donors (Lipinski definition) is 0. The average molecular weight is 354 g/mol. The van der Waals surface area contributed by atoms with E-state index in [1.165, 1.54) is 0 Å². The normalized spacial score (nSPS) is 9.47. The number of halogens is 2. The molecule has 0 nitrogen and oxygen atoms in total. The van der Waals surface area contributed by atoms with Crippen LogP contribution in [0.25, 0.3) is 11.1 Å². The molecule has 0 aromatic heterocycles. The zero-order valence-corrected chi connectivity index (χ0v) is 13.0. The molecule has 0 fully saturated rings. The van der Waals surface area contributed by atoms with Gasteiger partial charge in [-0.3, -0.25) is 0 Å². The fourth-order valence-corrected chi connectivity index (χ4v) is 1.90. The Morgan fingerprint density at radius 3 is 2.20 bits per heavy atom. The van der Waals surface area contributed by atoms with E-state index in [1.807, 2.05) is 36.4 Å². The van der Waals surface area contributed by atoms with Crippen LogP contribution in [0.15, 0.2) is 40.9 Å². The molecule has 0 N–H and O–H groups in total. The first-order valence-corrected chi connectivity index (χ1v) is 5.29. The molecule has 0 atom stereocenters. The molecule has 0 aliphatic heterocycles. The van der Waals surface area contributed by atoms with E-state index in [1.54, 1.807) is 0 Å². The van der Waals surface area contributed by atoms with Crippen LogP contribution < -0.4 is 0 Å². The van der Waals surface area contributed by atoms with Gasteiger partial charge in [0.05, 0.1) is 0 Å². The minimum absolute atomic E-state index is 0. The van der Waals surface area contributed by atoms with E-state index in [4.69, 9.17) is 11.6 Å². The van der Waals surface area contributed by atoms with Crippen LogP contribution in [0.3, 0.4) is 0 Å². The van der Waals surface area contributed by atoms with Crippen molar-refractivity contribution in [1.29, 1.82) is 0 Å². The van der Waals surface area contributed by atoms with Crippen LogP contribution in [0.1, 0.15) is 0 Å². The summed E-state index contributed by atoms with van der Waals surface area (Å²) >= 11 is 9.52. The smallest absolute Gasteiger partial charge is 0 e. The molecule has 0 bridgehead atoms. The van der Waals surface area contributed by atoms with E-state index < -0.39 is 0 Å². The van der Waals surface area contributed by atoms with Crippen molar-refractivity contribution >= 4 is 27.5 Å². The Balaban J connectivity index is 0.00000112. The molecule has 73 valence electrons. The standard InChI is InChI=1S/C12H6BrCl.Y/c13-11-7-3-1-5-9(11)10-6-2-4-8-12(10)14;/h1-4,7-8H;/q-2;. The van der Waals surface area contributed by atoms with E-state index in [0.29, 0.717) is 5.02 Å². The van der Waals surface area contributed by atoms with Crippen molar-refractivity contribution in [2.75, 3.05) is 0 Å². The third kappa shape index (κ3) is 3.13. The van der Waals surface area contributed by atoms with Gasteiger partial charge in [-0.25, -0.2) is 11.1 Å². The molecule has 3 heteroatoms. The molecule has 0 unspecified atom stereocenters. The molecule has 2 rings (SSSR count). The third-order valence-electron chi connectivity index (χ3n) is 1.86. The summed E-state index contributed by atoms with van der Waals surface area (Å²) in [6.07, 6.45) is 0. The van der Waals surface area contributed by atoms with Crippen molar-refractivity contribution < 1.29 is 32.7 Å². The molecular formula is C12H6BrClY-2. The Hall–Kier alpha value is 0.314. The van der Waals surface area contributed by atoms with E-state index in [9.17, 15) is 0 Å². The van der Waals surface area contributed by atoms with Crippen LogP contribution in [0.4, 0.5) is 0 Å². The van der Waals surface area contributed by atoms with Crippen LogP contribution in [0, 0.1) is 12.1 Å². The van der Waals surface area contributed by atoms with Gasteiger partial charge in [-0.1, -0.05) is 5.02 Å². The van der Waals surface area contributed by atoms with E-state index >= 15 is 0 Å². The topological polar surface area (TPSA) is 0 Å². The van der Waals surface area contributed by atoms with Gasteiger partial charge in [0.2, 0.25) is 0 Å². The van der Waals surface area contributed by atoms with Crippen molar-refractivity contribution in [3.63, 3.8) is 0 Å². The Kier molecular flexibility index (Phi) is 5.48. The Morgan fingerprint density at radius 2 is 1.60 bits per heavy atom. The molecule has 0 spiro atoms. The number of benzene rings is 2. The summed E-state index contributed by atoms with van der Waals surface area (Å²) in [6, 6.07) is 17.5. The molecule has 0 aliphatic carbocycles. The van der Waals surface area contributed by atoms with Crippen LogP contribution in [0.5, 0.6) is 0 Å². The first-order valence-electron chi connectivity index (χ1n) is 4.12. The van der Waals surface area contributed by atoms with Gasteiger partial charge in [-0.15, -0.1) is 44.7 Å². The summed E-state index contributed by atoms with van der Waals surface area (Å²) in [4.78, 5) is 0. The summed E-state index contributed by atoms with van der Waals surface area (Å²) in [6.45, 7) is 0. The van der Waals surface area contributed by atoms with Crippen molar-refractivity contribution in [2.45, 2.75) is 0 Å². The van der Waals surface area contributed by atoms with Gasteiger partial charge in [-0.05, 0) is 0 Å². The van der Waals surface area contributed by atoms with Gasteiger partial charge in [0.25, 0.3) is 0 Å². The minimum Gasteiger partial charge on any atom is -0.211 e. The second kappa shape index (κ2) is 6.15. The maximum absolute atomic E-state index is 6.06. The summed E-state index contributed by atoms with van der Waals surface area (Å²) in [5, 5.41) is 0.690. The fourth-order valence-electron chi connectivity index (χ4n) is 1.22. The van der Waals surface area contributed by atoms with Crippen LogP contribution >= 0.6 is 27.5 Å². The zero-order chi connectivity index (χ0) is 9.97. The molecular weight excluding hydrogens is 348 g/mol. The SMILES string of the molecule is Clc1ccc[c-]c1-c1[c-]cccc1Br.[Y]. The second-order valence-corrected chi connectivity index (χ2v) is 4.05. The molecule has 15 heavy (non-hydrogen) atoms. The van der Waals surface area contributed by atoms with Gasteiger partial charge < -0.3 is 0 Å². The molecule has 0 saturated carbocycles. The van der Waals surface area contributed by atoms with Gasteiger partial charge >= 0.3 is 0 Å². The zero-order valence-electron chi connectivity index (χ0n) is 7.80. The van der Waals surface area contributed by atoms with Gasteiger partial charge in [0, 0.05) is 32.7 Å². The fraction of sp³-hybridized carbons (Fsp3) is 0. The molecule has 0 aliphatic rings. The van der Waals surface area contributed by atoms with Crippen molar-refractivity contribution in [3.05, 3.63) is 58.0 Å². The average Bonchev–Trinajstić information content (AvgIpc) is 2.20. The molecule has 0 heterocycles. The molecule has 2 aromatic carbocycles. The van der Waals surface area contributed by atoms with Crippen molar-refractivity contribution in [3.8, 4) is 11.1 Å². The van der Waals surface area contributed by atoms with E-state index in [2.05, 4.69) is 28.1 Å². The molecule has 0 saturated heterocycles. The summed E-state index contributed by atoms with van der Waals surface area (Å²) in [5.74, 6) is 0. The molecule has 2 aromatic rings. The Morgan fingerprint density at radius 1 is 1.00 bits per heavy atom. The quantitative estimate of drug-likeness (QED) is 0.667. The first-order chi connectivity index (χ1) is 6.79.